The first kappa shape index (κ1) is 6.37. The lowest BCUT2D eigenvalue weighted by Crippen LogP contribution is -2.04. The molecule has 0 aromatic carbocycles. The van der Waals surface area contributed by atoms with Crippen molar-refractivity contribution in [1.82, 2.24) is 9.78 Å². The minimum atomic E-state index is 0.193. The topological polar surface area (TPSA) is 43.8 Å². The number of fused-ring (bicyclic) bond motifs is 1. The first-order chi connectivity index (χ1) is 4.77. The zero-order valence-corrected chi connectivity index (χ0v) is 7.00. The van der Waals surface area contributed by atoms with Gasteiger partial charge in [0.2, 0.25) is 0 Å². The molecule has 0 aliphatic carbocycles. The van der Waals surface area contributed by atoms with Gasteiger partial charge in [0.1, 0.15) is 4.60 Å². The molecular weight excluding hydrogens is 194 g/mol. The fourth-order valence-corrected chi connectivity index (χ4v) is 1.71. The second-order valence-electron chi connectivity index (χ2n) is 2.51. The van der Waals surface area contributed by atoms with Crippen LogP contribution in [0.15, 0.2) is 10.7 Å². The van der Waals surface area contributed by atoms with Crippen LogP contribution in [0.25, 0.3) is 0 Å². The molecule has 0 saturated carbocycles. The van der Waals surface area contributed by atoms with Gasteiger partial charge in [0, 0.05) is 12.6 Å². The number of nitrogens with two attached hydrogens (primary N) is 1. The van der Waals surface area contributed by atoms with E-state index in [0.29, 0.717) is 0 Å². The van der Waals surface area contributed by atoms with Crippen LogP contribution in [-0.4, -0.2) is 9.78 Å². The summed E-state index contributed by atoms with van der Waals surface area (Å²) in [5.74, 6) is 0. The highest BCUT2D eigenvalue weighted by Crippen LogP contribution is 2.25. The lowest BCUT2D eigenvalue weighted by Gasteiger charge is -1.95. The van der Waals surface area contributed by atoms with Crippen LogP contribution in [0, 0.1) is 0 Å². The second kappa shape index (κ2) is 2.07. The number of halogens is 1. The molecule has 1 aromatic rings. The standard InChI is InChI=1S/C6H8BrN3/c7-6-3-5-4(8)1-2-10(5)9-6/h3-4H,1-2,8H2/t4-/m0/s1. The zero-order chi connectivity index (χ0) is 7.14. The van der Waals surface area contributed by atoms with Gasteiger partial charge in [0.15, 0.2) is 0 Å². The minimum absolute atomic E-state index is 0.193. The van der Waals surface area contributed by atoms with Crippen LogP contribution in [0.1, 0.15) is 18.2 Å². The monoisotopic (exact) mass is 201 g/mol. The Hall–Kier alpha value is -0.350. The van der Waals surface area contributed by atoms with Gasteiger partial charge in [-0.1, -0.05) is 0 Å². The number of nitrogens with zero attached hydrogens (tertiary/aromatic N) is 2. The van der Waals surface area contributed by atoms with Crippen molar-refractivity contribution in [3.8, 4) is 0 Å². The molecule has 0 bridgehead atoms. The normalized spacial score (nSPS) is 23.2. The van der Waals surface area contributed by atoms with Gasteiger partial charge >= 0.3 is 0 Å². The molecule has 0 amide bonds. The molecule has 0 fully saturated rings. The first-order valence-corrected chi connectivity index (χ1v) is 4.05. The van der Waals surface area contributed by atoms with Crippen LogP contribution in [0.2, 0.25) is 0 Å². The number of hydrogen-bond donors (Lipinski definition) is 1. The molecule has 1 aliphatic rings. The molecular formula is C6H8BrN3. The van der Waals surface area contributed by atoms with Gasteiger partial charge in [0.25, 0.3) is 0 Å². The molecule has 1 atom stereocenters. The lowest BCUT2D eigenvalue weighted by molar-refractivity contribution is 0.633. The van der Waals surface area contributed by atoms with Crippen LogP contribution >= 0.6 is 15.9 Å². The third-order valence-corrected chi connectivity index (χ3v) is 2.20. The predicted molar refractivity (Wildman–Crippen MR) is 41.5 cm³/mol. The van der Waals surface area contributed by atoms with Gasteiger partial charge in [-0.3, -0.25) is 4.68 Å². The van der Waals surface area contributed by atoms with Crippen molar-refractivity contribution in [2.75, 3.05) is 0 Å². The van der Waals surface area contributed by atoms with Crippen LogP contribution < -0.4 is 5.73 Å². The van der Waals surface area contributed by atoms with Gasteiger partial charge in [-0.05, 0) is 28.4 Å². The van der Waals surface area contributed by atoms with E-state index in [1.165, 1.54) is 0 Å². The summed E-state index contributed by atoms with van der Waals surface area (Å²) in [6, 6.07) is 2.18. The summed E-state index contributed by atoms with van der Waals surface area (Å²) in [6.45, 7) is 0.960. The largest absolute Gasteiger partial charge is 0.323 e. The van der Waals surface area contributed by atoms with E-state index >= 15 is 0 Å². The smallest absolute Gasteiger partial charge is 0.128 e. The van der Waals surface area contributed by atoms with Gasteiger partial charge < -0.3 is 5.73 Å². The summed E-state index contributed by atoms with van der Waals surface area (Å²) < 4.78 is 2.84. The van der Waals surface area contributed by atoms with Crippen LogP contribution in [-0.2, 0) is 6.54 Å². The molecule has 1 aliphatic heterocycles. The Morgan fingerprint density at radius 1 is 1.80 bits per heavy atom. The van der Waals surface area contributed by atoms with Crippen LogP contribution in [0.3, 0.4) is 0 Å². The van der Waals surface area contributed by atoms with E-state index in [9.17, 15) is 0 Å². The van der Waals surface area contributed by atoms with E-state index in [2.05, 4.69) is 21.0 Å². The number of hydrogen-bond acceptors (Lipinski definition) is 2. The van der Waals surface area contributed by atoms with Crippen molar-refractivity contribution in [2.45, 2.75) is 19.0 Å². The fourth-order valence-electron chi connectivity index (χ4n) is 1.29. The van der Waals surface area contributed by atoms with E-state index in [-0.39, 0.29) is 6.04 Å². The summed E-state index contributed by atoms with van der Waals surface area (Å²) in [7, 11) is 0. The summed E-state index contributed by atoms with van der Waals surface area (Å²) in [5.41, 5.74) is 6.92. The zero-order valence-electron chi connectivity index (χ0n) is 5.42. The maximum atomic E-state index is 5.78. The Morgan fingerprint density at radius 2 is 2.60 bits per heavy atom. The van der Waals surface area contributed by atoms with Crippen molar-refractivity contribution < 1.29 is 0 Å². The van der Waals surface area contributed by atoms with Crippen molar-refractivity contribution in [2.24, 2.45) is 5.73 Å². The predicted octanol–water partition coefficient (Wildman–Crippen LogP) is 1.05. The summed E-state index contributed by atoms with van der Waals surface area (Å²) in [5, 5.41) is 4.19. The Kier molecular flexibility index (Phi) is 1.32. The second-order valence-corrected chi connectivity index (χ2v) is 3.32. The molecule has 2 N–H and O–H groups in total. The lowest BCUT2D eigenvalue weighted by atomic mass is 10.2. The minimum Gasteiger partial charge on any atom is -0.323 e. The number of rotatable bonds is 0. The molecule has 1 aromatic heterocycles. The van der Waals surface area contributed by atoms with Gasteiger partial charge in [-0.15, -0.1) is 0 Å². The Morgan fingerprint density at radius 3 is 3.30 bits per heavy atom. The van der Waals surface area contributed by atoms with E-state index in [0.717, 1.165) is 23.3 Å². The SMILES string of the molecule is N[C@H]1CCn2nc(Br)cc21. The van der Waals surface area contributed by atoms with Gasteiger partial charge in [-0.25, -0.2) is 0 Å². The molecule has 10 heavy (non-hydrogen) atoms. The summed E-state index contributed by atoms with van der Waals surface area (Å²) in [4.78, 5) is 0. The highest BCUT2D eigenvalue weighted by Gasteiger charge is 2.20. The van der Waals surface area contributed by atoms with E-state index in [1.54, 1.807) is 0 Å². The van der Waals surface area contributed by atoms with Crippen molar-refractivity contribution in [3.63, 3.8) is 0 Å². The maximum absolute atomic E-state index is 5.78. The molecule has 2 rings (SSSR count). The van der Waals surface area contributed by atoms with Crippen molar-refractivity contribution in [1.29, 1.82) is 0 Å². The molecule has 0 spiro atoms. The van der Waals surface area contributed by atoms with Gasteiger partial charge in [-0.2, -0.15) is 5.10 Å². The van der Waals surface area contributed by atoms with Crippen molar-refractivity contribution >= 4 is 15.9 Å². The van der Waals surface area contributed by atoms with E-state index in [1.807, 2.05) is 10.7 Å². The molecule has 0 saturated heterocycles. The highest BCUT2D eigenvalue weighted by atomic mass is 79.9. The van der Waals surface area contributed by atoms with Crippen LogP contribution in [0.5, 0.6) is 0 Å². The molecule has 0 radical (unpaired) electrons. The average Bonchev–Trinajstić information content (AvgIpc) is 2.35. The molecule has 54 valence electrons. The number of aromatic nitrogens is 2. The van der Waals surface area contributed by atoms with Gasteiger partial charge in [0.05, 0.1) is 5.69 Å². The molecule has 4 heteroatoms. The molecule has 3 nitrogen and oxygen atoms in total. The first-order valence-electron chi connectivity index (χ1n) is 3.26. The Balaban J connectivity index is 2.49. The third-order valence-electron chi connectivity index (χ3n) is 1.81. The Labute approximate surface area is 67.3 Å². The molecule has 0 unspecified atom stereocenters. The average molecular weight is 202 g/mol. The van der Waals surface area contributed by atoms with Crippen LogP contribution in [0.4, 0.5) is 0 Å². The number of aryl methyl sites for hydroxylation is 1. The van der Waals surface area contributed by atoms with E-state index < -0.39 is 0 Å². The van der Waals surface area contributed by atoms with Crippen molar-refractivity contribution in [3.05, 3.63) is 16.4 Å². The maximum Gasteiger partial charge on any atom is 0.128 e. The summed E-state index contributed by atoms with van der Waals surface area (Å²) in [6.07, 6.45) is 1.02. The van der Waals surface area contributed by atoms with E-state index in [4.69, 9.17) is 5.73 Å². The fraction of sp³-hybridized carbons (Fsp3) is 0.500. The molecule has 2 heterocycles. The summed E-state index contributed by atoms with van der Waals surface area (Å²) >= 11 is 3.30. The highest BCUT2D eigenvalue weighted by molar-refractivity contribution is 9.10. The quantitative estimate of drug-likeness (QED) is 0.683. The Bertz CT molecular complexity index is 255. The third kappa shape index (κ3) is 0.793.